The highest BCUT2D eigenvalue weighted by Gasteiger charge is 2.17. The zero-order valence-electron chi connectivity index (χ0n) is 17.2. The van der Waals surface area contributed by atoms with Crippen LogP contribution in [0.4, 0.5) is 0 Å². The number of benzene rings is 3. The number of rotatable bonds is 8. The number of ether oxygens (including phenoxy) is 2. The van der Waals surface area contributed by atoms with Gasteiger partial charge in [-0.05, 0) is 36.8 Å². The zero-order chi connectivity index (χ0) is 22.5. The van der Waals surface area contributed by atoms with E-state index in [1.807, 2.05) is 67.6 Å². The third-order valence-electron chi connectivity index (χ3n) is 4.70. The monoisotopic (exact) mass is 465 g/mol. The Kier molecular flexibility index (Phi) is 6.73. The van der Waals surface area contributed by atoms with Crippen molar-refractivity contribution in [1.29, 1.82) is 0 Å². The van der Waals surface area contributed by atoms with Gasteiger partial charge in [-0.2, -0.15) is 0 Å². The molecule has 0 aliphatic rings. The van der Waals surface area contributed by atoms with Crippen molar-refractivity contribution in [3.63, 3.8) is 0 Å². The average molecular weight is 466 g/mol. The molecule has 0 unspecified atom stereocenters. The van der Waals surface area contributed by atoms with E-state index in [9.17, 15) is 4.79 Å². The number of halogens is 1. The molecule has 5 nitrogen and oxygen atoms in total. The highest BCUT2D eigenvalue weighted by molar-refractivity contribution is 7.15. The van der Waals surface area contributed by atoms with Gasteiger partial charge in [-0.15, -0.1) is 11.3 Å². The van der Waals surface area contributed by atoms with E-state index in [4.69, 9.17) is 31.2 Å². The molecule has 7 heteroatoms. The van der Waals surface area contributed by atoms with E-state index in [2.05, 4.69) is 0 Å². The minimum absolute atomic E-state index is 0.295. The Morgan fingerprint density at radius 3 is 2.50 bits per heavy atom. The second kappa shape index (κ2) is 9.85. The van der Waals surface area contributed by atoms with Gasteiger partial charge >= 0.3 is 5.97 Å². The SMILES string of the molecule is Cc1cc(OCc2nc(-c3ccccc3)c(-c3ccccc3Cl)s2)ccc1OCC(=O)O. The average Bonchev–Trinajstić information content (AvgIpc) is 3.22. The van der Waals surface area contributed by atoms with E-state index < -0.39 is 5.97 Å². The second-order valence-electron chi connectivity index (χ2n) is 7.03. The third kappa shape index (κ3) is 5.10. The summed E-state index contributed by atoms with van der Waals surface area (Å²) in [7, 11) is 0. The van der Waals surface area contributed by atoms with Crippen molar-refractivity contribution < 1.29 is 19.4 Å². The van der Waals surface area contributed by atoms with Gasteiger partial charge in [0, 0.05) is 16.1 Å². The highest BCUT2D eigenvalue weighted by Crippen LogP contribution is 2.40. The molecule has 162 valence electrons. The molecule has 0 amide bonds. The summed E-state index contributed by atoms with van der Waals surface area (Å²) in [6.45, 7) is 1.76. The van der Waals surface area contributed by atoms with Crippen molar-refractivity contribution in [3.8, 4) is 33.2 Å². The smallest absolute Gasteiger partial charge is 0.341 e. The fourth-order valence-electron chi connectivity index (χ4n) is 3.20. The van der Waals surface area contributed by atoms with E-state index in [-0.39, 0.29) is 6.61 Å². The highest BCUT2D eigenvalue weighted by atomic mass is 35.5. The molecule has 0 fully saturated rings. The first-order valence-electron chi connectivity index (χ1n) is 9.89. The molecule has 1 heterocycles. The number of carboxylic acids is 1. The van der Waals surface area contributed by atoms with Crippen molar-refractivity contribution in [1.82, 2.24) is 4.98 Å². The maximum Gasteiger partial charge on any atom is 0.341 e. The van der Waals surface area contributed by atoms with E-state index in [0.29, 0.717) is 23.1 Å². The summed E-state index contributed by atoms with van der Waals surface area (Å²) < 4.78 is 11.2. The third-order valence-corrected chi connectivity index (χ3v) is 6.09. The number of carbonyl (C=O) groups is 1. The van der Waals surface area contributed by atoms with Crippen LogP contribution in [0.5, 0.6) is 11.5 Å². The minimum Gasteiger partial charge on any atom is -0.486 e. The van der Waals surface area contributed by atoms with Crippen LogP contribution in [0.15, 0.2) is 72.8 Å². The number of hydrogen-bond acceptors (Lipinski definition) is 5. The molecule has 0 radical (unpaired) electrons. The molecule has 32 heavy (non-hydrogen) atoms. The molecule has 0 saturated heterocycles. The Labute approximate surface area is 194 Å². The van der Waals surface area contributed by atoms with E-state index in [1.54, 1.807) is 23.5 Å². The first-order chi connectivity index (χ1) is 15.5. The lowest BCUT2D eigenvalue weighted by molar-refractivity contribution is -0.139. The molecule has 0 atom stereocenters. The molecular formula is C25H20ClNO4S. The van der Waals surface area contributed by atoms with Crippen LogP contribution in [0.2, 0.25) is 5.02 Å². The molecule has 4 rings (SSSR count). The number of aromatic nitrogens is 1. The Balaban J connectivity index is 1.58. The Bertz CT molecular complexity index is 1240. The summed E-state index contributed by atoms with van der Waals surface area (Å²) in [6.07, 6.45) is 0. The van der Waals surface area contributed by atoms with Gasteiger partial charge in [0.15, 0.2) is 6.61 Å². The second-order valence-corrected chi connectivity index (χ2v) is 8.52. The predicted octanol–water partition coefficient (Wildman–Crippen LogP) is 6.48. The van der Waals surface area contributed by atoms with Crippen LogP contribution in [0.1, 0.15) is 10.6 Å². The zero-order valence-corrected chi connectivity index (χ0v) is 18.8. The lowest BCUT2D eigenvalue weighted by atomic mass is 10.1. The van der Waals surface area contributed by atoms with Crippen LogP contribution in [0, 0.1) is 6.92 Å². The molecule has 0 spiro atoms. The quantitative estimate of drug-likeness (QED) is 0.322. The van der Waals surface area contributed by atoms with Crippen LogP contribution in [0.3, 0.4) is 0 Å². The maximum absolute atomic E-state index is 10.7. The van der Waals surface area contributed by atoms with Crippen molar-refractivity contribution >= 4 is 28.9 Å². The molecule has 3 aromatic carbocycles. The molecule has 1 N–H and O–H groups in total. The van der Waals surface area contributed by atoms with E-state index in [1.165, 1.54) is 0 Å². The summed E-state index contributed by atoms with van der Waals surface area (Å²) in [5.41, 5.74) is 3.62. The largest absolute Gasteiger partial charge is 0.486 e. The first kappa shape index (κ1) is 21.9. The van der Waals surface area contributed by atoms with Gasteiger partial charge in [0.25, 0.3) is 0 Å². The van der Waals surface area contributed by atoms with E-state index in [0.717, 1.165) is 32.3 Å². The van der Waals surface area contributed by atoms with Crippen LogP contribution in [0.25, 0.3) is 21.7 Å². The van der Waals surface area contributed by atoms with Gasteiger partial charge in [0.05, 0.1) is 10.6 Å². The molecule has 1 aromatic heterocycles. The van der Waals surface area contributed by atoms with Gasteiger partial charge < -0.3 is 14.6 Å². The topological polar surface area (TPSA) is 68.7 Å². The van der Waals surface area contributed by atoms with Crippen molar-refractivity contribution in [2.24, 2.45) is 0 Å². The summed E-state index contributed by atoms with van der Waals surface area (Å²) in [5.74, 6) is 0.152. The number of thiazole rings is 1. The fraction of sp³-hybridized carbons (Fsp3) is 0.120. The van der Waals surface area contributed by atoms with Gasteiger partial charge in [0.1, 0.15) is 23.1 Å². The number of hydrogen-bond donors (Lipinski definition) is 1. The summed E-state index contributed by atoms with van der Waals surface area (Å²) in [4.78, 5) is 16.5. The van der Waals surface area contributed by atoms with Crippen molar-refractivity contribution in [2.75, 3.05) is 6.61 Å². The minimum atomic E-state index is -1.02. The van der Waals surface area contributed by atoms with Crippen LogP contribution in [-0.4, -0.2) is 22.7 Å². The van der Waals surface area contributed by atoms with Gasteiger partial charge in [-0.3, -0.25) is 0 Å². The van der Waals surface area contributed by atoms with Crippen LogP contribution in [-0.2, 0) is 11.4 Å². The van der Waals surface area contributed by atoms with Gasteiger partial charge in [-0.25, -0.2) is 9.78 Å². The Hall–Kier alpha value is -3.35. The maximum atomic E-state index is 10.7. The normalized spacial score (nSPS) is 10.7. The van der Waals surface area contributed by atoms with Crippen molar-refractivity contribution in [3.05, 3.63) is 88.4 Å². The van der Waals surface area contributed by atoms with Crippen molar-refractivity contribution in [2.45, 2.75) is 13.5 Å². The number of aliphatic carboxylic acids is 1. The fourth-order valence-corrected chi connectivity index (χ4v) is 4.53. The molecule has 0 saturated carbocycles. The first-order valence-corrected chi connectivity index (χ1v) is 11.1. The molecular weight excluding hydrogens is 446 g/mol. The Morgan fingerprint density at radius 2 is 1.78 bits per heavy atom. The number of aryl methyl sites for hydroxylation is 1. The molecule has 0 bridgehead atoms. The molecule has 4 aromatic rings. The summed E-state index contributed by atoms with van der Waals surface area (Å²) >= 11 is 8.03. The number of carboxylic acid groups (broad SMARTS) is 1. The molecule has 0 aliphatic heterocycles. The molecule has 0 aliphatic carbocycles. The number of nitrogens with zero attached hydrogens (tertiary/aromatic N) is 1. The van der Waals surface area contributed by atoms with Crippen LogP contribution >= 0.6 is 22.9 Å². The standard InChI is InChI=1S/C25H20ClNO4S/c1-16-13-18(11-12-21(16)31-15-23(28)29)30-14-22-27-24(17-7-3-2-4-8-17)25(32-22)19-9-5-6-10-20(19)26/h2-13H,14-15H2,1H3,(H,28,29). The van der Waals surface area contributed by atoms with E-state index >= 15 is 0 Å². The lowest BCUT2D eigenvalue weighted by Gasteiger charge is -2.09. The summed E-state index contributed by atoms with van der Waals surface area (Å²) in [5, 5.41) is 10.3. The predicted molar refractivity (Wildman–Crippen MR) is 127 cm³/mol. The summed E-state index contributed by atoms with van der Waals surface area (Å²) in [6, 6.07) is 23.0. The van der Waals surface area contributed by atoms with Gasteiger partial charge in [0.2, 0.25) is 0 Å². The van der Waals surface area contributed by atoms with Gasteiger partial charge in [-0.1, -0.05) is 60.1 Å². The lowest BCUT2D eigenvalue weighted by Crippen LogP contribution is -2.10. The Morgan fingerprint density at radius 1 is 1.03 bits per heavy atom. The van der Waals surface area contributed by atoms with Crippen LogP contribution < -0.4 is 9.47 Å².